The van der Waals surface area contributed by atoms with Gasteiger partial charge in [-0.25, -0.2) is 8.78 Å². The van der Waals surface area contributed by atoms with Gasteiger partial charge in [0, 0.05) is 5.69 Å². The number of hydrogen-bond acceptors (Lipinski definition) is 5. The Hall–Kier alpha value is -3.51. The van der Waals surface area contributed by atoms with Gasteiger partial charge in [-0.3, -0.25) is 4.79 Å². The van der Waals surface area contributed by atoms with E-state index in [4.69, 9.17) is 0 Å². The minimum atomic E-state index is -5.85. The van der Waals surface area contributed by atoms with E-state index in [0.29, 0.717) is 16.8 Å². The number of halogens is 5. The number of carbonyl (C=O) groups excluding carboxylic acids is 1. The first kappa shape index (κ1) is 26.6. The highest BCUT2D eigenvalue weighted by Gasteiger charge is 2.50. The zero-order valence-electron chi connectivity index (χ0n) is 18.9. The van der Waals surface area contributed by atoms with Crippen molar-refractivity contribution >= 4 is 21.7 Å². The van der Waals surface area contributed by atoms with Crippen LogP contribution in [0, 0.1) is 17.6 Å². The zero-order valence-corrected chi connectivity index (χ0v) is 19.7. The van der Waals surface area contributed by atoms with Crippen LogP contribution in [0.4, 0.5) is 27.6 Å². The van der Waals surface area contributed by atoms with Gasteiger partial charge in [-0.05, 0) is 72.5 Å². The summed E-state index contributed by atoms with van der Waals surface area (Å²) in [5, 5.41) is 10.5. The van der Waals surface area contributed by atoms with Crippen LogP contribution >= 0.6 is 0 Å². The number of nitrogens with zero attached hydrogens (tertiary/aromatic N) is 1. The topological polar surface area (TPSA) is 83.9 Å². The maximum absolute atomic E-state index is 13.4. The minimum absolute atomic E-state index is 0.154. The summed E-state index contributed by atoms with van der Waals surface area (Å²) >= 11 is 0. The van der Waals surface area contributed by atoms with Crippen molar-refractivity contribution in [1.29, 1.82) is 0 Å². The molecule has 1 heterocycles. The Kier molecular flexibility index (Phi) is 7.24. The summed E-state index contributed by atoms with van der Waals surface area (Å²) in [7, 11) is -5.85. The molecule has 0 spiro atoms. The summed E-state index contributed by atoms with van der Waals surface area (Å²) in [6, 6.07) is 14.5. The Bertz CT molecular complexity index is 1360. The molecule has 0 aliphatic carbocycles. The van der Waals surface area contributed by atoms with E-state index < -0.39 is 51.1 Å². The number of amides is 1. The van der Waals surface area contributed by atoms with Crippen LogP contribution in [0.3, 0.4) is 0 Å². The first-order valence-electron chi connectivity index (χ1n) is 11.0. The van der Waals surface area contributed by atoms with Gasteiger partial charge in [0.1, 0.15) is 17.4 Å². The maximum atomic E-state index is 13.4. The van der Waals surface area contributed by atoms with Crippen molar-refractivity contribution in [2.45, 2.75) is 30.5 Å². The molecule has 37 heavy (non-hydrogen) atoms. The molecule has 1 N–H and O–H groups in total. The van der Waals surface area contributed by atoms with Crippen LogP contribution in [0.2, 0.25) is 0 Å². The zero-order chi connectivity index (χ0) is 27.0. The third-order valence-corrected chi connectivity index (χ3v) is 7.01. The molecule has 0 radical (unpaired) electrons. The largest absolute Gasteiger partial charge is 0.534 e. The fourth-order valence-electron chi connectivity index (χ4n) is 4.18. The molecule has 1 aliphatic rings. The normalized spacial score (nSPS) is 18.9. The second-order valence-corrected chi connectivity index (χ2v) is 9.97. The highest BCUT2D eigenvalue weighted by atomic mass is 32.2. The summed E-state index contributed by atoms with van der Waals surface area (Å²) in [6.45, 7) is 0. The molecule has 196 valence electrons. The van der Waals surface area contributed by atoms with Gasteiger partial charge in [0.25, 0.3) is 0 Å². The van der Waals surface area contributed by atoms with Crippen molar-refractivity contribution in [3.05, 3.63) is 95.6 Å². The van der Waals surface area contributed by atoms with Crippen molar-refractivity contribution in [2.75, 3.05) is 4.90 Å². The van der Waals surface area contributed by atoms with Crippen LogP contribution in [-0.2, 0) is 14.9 Å². The number of carbonyl (C=O) groups is 1. The Morgan fingerprint density at radius 3 is 1.97 bits per heavy atom. The van der Waals surface area contributed by atoms with Gasteiger partial charge in [-0.2, -0.15) is 21.6 Å². The van der Waals surface area contributed by atoms with Crippen molar-refractivity contribution < 1.29 is 44.5 Å². The number of aliphatic hydroxyl groups is 1. The van der Waals surface area contributed by atoms with Crippen LogP contribution in [0.25, 0.3) is 0 Å². The number of hydrogen-bond donors (Lipinski definition) is 1. The van der Waals surface area contributed by atoms with Crippen LogP contribution in [-0.4, -0.2) is 24.9 Å². The van der Waals surface area contributed by atoms with Crippen molar-refractivity contribution in [1.82, 2.24) is 0 Å². The number of benzene rings is 3. The fraction of sp³-hybridized carbons (Fsp3) is 0.240. The molecule has 3 aromatic carbocycles. The van der Waals surface area contributed by atoms with Gasteiger partial charge in [0.2, 0.25) is 5.91 Å². The van der Waals surface area contributed by atoms with Gasteiger partial charge in [0.05, 0.1) is 18.1 Å². The number of anilines is 1. The molecule has 0 saturated carbocycles. The lowest BCUT2D eigenvalue weighted by Gasteiger charge is -2.48. The smallest absolute Gasteiger partial charge is 0.388 e. The lowest BCUT2D eigenvalue weighted by atomic mass is 9.78. The molecule has 6 nitrogen and oxygen atoms in total. The Morgan fingerprint density at radius 2 is 1.43 bits per heavy atom. The van der Waals surface area contributed by atoms with Crippen LogP contribution < -0.4 is 9.08 Å². The second-order valence-electron chi connectivity index (χ2n) is 8.43. The Balaban J connectivity index is 1.57. The minimum Gasteiger partial charge on any atom is -0.388 e. The van der Waals surface area contributed by atoms with E-state index in [-0.39, 0.29) is 18.7 Å². The molecular weight excluding hydrogens is 521 g/mol. The van der Waals surface area contributed by atoms with E-state index in [1.807, 2.05) is 0 Å². The molecule has 0 bridgehead atoms. The van der Waals surface area contributed by atoms with E-state index in [9.17, 15) is 40.3 Å². The molecule has 3 aromatic rings. The van der Waals surface area contributed by atoms with Gasteiger partial charge < -0.3 is 14.2 Å². The number of alkyl halides is 3. The molecular formula is C25H20F5NO5S. The average molecular weight is 541 g/mol. The molecule has 1 saturated heterocycles. The van der Waals surface area contributed by atoms with Gasteiger partial charge in [0.15, 0.2) is 0 Å². The fourth-order valence-corrected chi connectivity index (χ4v) is 4.64. The van der Waals surface area contributed by atoms with Crippen LogP contribution in [0.1, 0.15) is 36.1 Å². The molecule has 1 amide bonds. The van der Waals surface area contributed by atoms with Crippen molar-refractivity contribution in [2.24, 2.45) is 5.92 Å². The molecule has 0 aromatic heterocycles. The van der Waals surface area contributed by atoms with Crippen LogP contribution in [0.5, 0.6) is 5.75 Å². The summed E-state index contributed by atoms with van der Waals surface area (Å²) in [6.07, 6.45) is -0.612. The highest BCUT2D eigenvalue weighted by molar-refractivity contribution is 7.88. The standard InChI is InChI=1S/C25H20F5NO5S/c26-17-5-1-15(2-6-17)22(32)14-13-21-23(31(24(21)33)19-9-7-18(27)8-10-19)16-3-11-20(12-4-16)36-37(34,35)25(28,29)30/h1-12,21-23,32H,13-14H2/t21-,22?,23-/m1/s1. The average Bonchev–Trinajstić information content (AvgIpc) is 2.84. The Morgan fingerprint density at radius 1 is 0.892 bits per heavy atom. The van der Waals surface area contributed by atoms with E-state index in [1.54, 1.807) is 0 Å². The first-order chi connectivity index (χ1) is 17.4. The van der Waals surface area contributed by atoms with Crippen molar-refractivity contribution in [3.8, 4) is 5.75 Å². The molecule has 1 aliphatic heterocycles. The quantitative estimate of drug-likeness (QED) is 0.178. The van der Waals surface area contributed by atoms with Gasteiger partial charge >= 0.3 is 15.6 Å². The van der Waals surface area contributed by atoms with E-state index in [1.165, 1.54) is 65.6 Å². The summed E-state index contributed by atoms with van der Waals surface area (Å²) in [5.41, 5.74) is -4.29. The summed E-state index contributed by atoms with van der Waals surface area (Å²) < 4.78 is 91.1. The van der Waals surface area contributed by atoms with E-state index >= 15 is 0 Å². The third kappa shape index (κ3) is 5.59. The van der Waals surface area contributed by atoms with E-state index in [0.717, 1.165) is 12.1 Å². The van der Waals surface area contributed by atoms with Gasteiger partial charge in [-0.1, -0.05) is 24.3 Å². The highest BCUT2D eigenvalue weighted by Crippen LogP contribution is 2.46. The predicted molar refractivity (Wildman–Crippen MR) is 123 cm³/mol. The number of aliphatic hydroxyl groups excluding tert-OH is 1. The molecule has 1 fully saturated rings. The number of rotatable bonds is 8. The van der Waals surface area contributed by atoms with Crippen molar-refractivity contribution in [3.63, 3.8) is 0 Å². The van der Waals surface area contributed by atoms with Crippen LogP contribution in [0.15, 0.2) is 72.8 Å². The maximum Gasteiger partial charge on any atom is 0.534 e. The molecule has 1 unspecified atom stereocenters. The number of β-lactam (4-membered cyclic amide) rings is 1. The lowest BCUT2D eigenvalue weighted by molar-refractivity contribution is -0.131. The third-order valence-electron chi connectivity index (χ3n) is 6.04. The predicted octanol–water partition coefficient (Wildman–Crippen LogP) is 5.41. The monoisotopic (exact) mass is 541 g/mol. The second kappa shape index (κ2) is 10.1. The SMILES string of the molecule is O=C1[C@H](CCC(O)c2ccc(F)cc2)[C@@H](c2ccc(OS(=O)(=O)C(F)(F)F)cc2)N1c1ccc(F)cc1. The first-order valence-corrected chi connectivity index (χ1v) is 12.4. The molecule has 4 rings (SSSR count). The van der Waals surface area contributed by atoms with E-state index in [2.05, 4.69) is 4.18 Å². The van der Waals surface area contributed by atoms with Gasteiger partial charge in [-0.15, -0.1) is 0 Å². The molecule has 12 heteroatoms. The summed E-state index contributed by atoms with van der Waals surface area (Å²) in [5.74, 6) is -2.51. The molecule has 3 atom stereocenters. The Labute approximate surface area is 209 Å². The summed E-state index contributed by atoms with van der Waals surface area (Å²) in [4.78, 5) is 14.4. The lowest BCUT2D eigenvalue weighted by Crippen LogP contribution is -2.55.